The second kappa shape index (κ2) is 6.37. The molecule has 0 aromatic heterocycles. The van der Waals surface area contributed by atoms with Crippen LogP contribution in [0.3, 0.4) is 0 Å². The van der Waals surface area contributed by atoms with E-state index in [0.717, 1.165) is 0 Å². The van der Waals surface area contributed by atoms with Gasteiger partial charge >= 0.3 is 0 Å². The number of hydrogen-bond acceptors (Lipinski definition) is 0. The van der Waals surface area contributed by atoms with Gasteiger partial charge in [-0.25, -0.2) is 0 Å². The first kappa shape index (κ1) is 14.9. The van der Waals surface area contributed by atoms with Crippen molar-refractivity contribution in [3.63, 3.8) is 0 Å². The highest BCUT2D eigenvalue weighted by atomic mass is 35.6. The zero-order valence-corrected chi connectivity index (χ0v) is 14.4. The van der Waals surface area contributed by atoms with Crippen LogP contribution in [0.15, 0.2) is 60.7 Å². The number of hydrogen-bond donors (Lipinski definition) is 0. The van der Waals surface area contributed by atoms with Crippen molar-refractivity contribution in [3.8, 4) is 0 Å². The molecule has 1 saturated heterocycles. The summed E-state index contributed by atoms with van der Waals surface area (Å²) in [6.07, 6.45) is 3.70. The quantitative estimate of drug-likeness (QED) is 0.478. The van der Waals surface area contributed by atoms with Gasteiger partial charge in [-0.15, -0.1) is 0 Å². The first-order chi connectivity index (χ1) is 10.3. The van der Waals surface area contributed by atoms with E-state index in [2.05, 4.69) is 67.6 Å². The molecule has 0 amide bonds. The molecule has 0 saturated carbocycles. The van der Waals surface area contributed by atoms with Gasteiger partial charge in [-0.2, -0.15) is 11.1 Å². The predicted molar refractivity (Wildman–Crippen MR) is 94.3 cm³/mol. The molecule has 1 heterocycles. The molecule has 0 unspecified atom stereocenters. The van der Waals surface area contributed by atoms with Crippen LogP contribution >= 0.6 is 11.1 Å². The highest BCUT2D eigenvalue weighted by Gasteiger charge is 2.51. The molecule has 1 aliphatic heterocycles. The van der Waals surface area contributed by atoms with E-state index < -0.39 is 7.38 Å². The maximum Gasteiger partial charge on any atom is 0.171 e. The molecule has 2 atom stereocenters. The normalized spacial score (nSPS) is 24.1. The Morgan fingerprint density at radius 1 is 0.857 bits per heavy atom. The predicted octanol–water partition coefficient (Wildman–Crippen LogP) is 6.02. The van der Waals surface area contributed by atoms with Gasteiger partial charge in [-0.05, 0) is 41.1 Å². The monoisotopic (exact) mass is 314 g/mol. The molecule has 1 aliphatic rings. The zero-order chi connectivity index (χ0) is 14.7. The van der Waals surface area contributed by atoms with Gasteiger partial charge in [0.25, 0.3) is 0 Å². The topological polar surface area (TPSA) is 0 Å². The van der Waals surface area contributed by atoms with Crippen LogP contribution in [0, 0.1) is 0 Å². The molecular weight excluding hydrogens is 292 g/mol. The fourth-order valence-electron chi connectivity index (χ4n) is 4.05. The molecule has 21 heavy (non-hydrogen) atoms. The summed E-state index contributed by atoms with van der Waals surface area (Å²) in [5, 5.41) is 0. The summed E-state index contributed by atoms with van der Waals surface area (Å²) in [5.41, 5.74) is 4.13. The summed E-state index contributed by atoms with van der Waals surface area (Å²) in [7, 11) is -1.85. The molecule has 0 bridgehead atoms. The Morgan fingerprint density at radius 2 is 1.29 bits per heavy atom. The van der Waals surface area contributed by atoms with Crippen LogP contribution in [0.25, 0.3) is 0 Å². The Labute approximate surface area is 133 Å². The average Bonchev–Trinajstić information content (AvgIpc) is 2.86. The van der Waals surface area contributed by atoms with Gasteiger partial charge in [0.2, 0.25) is 0 Å². The largest absolute Gasteiger partial charge is 0.171 e. The van der Waals surface area contributed by atoms with E-state index in [1.54, 1.807) is 0 Å². The Morgan fingerprint density at radius 3 is 1.67 bits per heavy atom. The van der Waals surface area contributed by atoms with E-state index in [1.165, 1.54) is 36.4 Å². The molecule has 0 spiro atoms. The number of halogens is 1. The van der Waals surface area contributed by atoms with Crippen molar-refractivity contribution >= 4 is 18.5 Å². The molecule has 3 rings (SSSR count). The second-order valence-electron chi connectivity index (χ2n) is 6.18. The van der Waals surface area contributed by atoms with Crippen molar-refractivity contribution in [1.82, 2.24) is 0 Å². The Kier molecular flexibility index (Phi) is 4.51. The summed E-state index contributed by atoms with van der Waals surface area (Å²) in [4.78, 5) is 0. The van der Waals surface area contributed by atoms with Crippen molar-refractivity contribution < 1.29 is 0 Å². The van der Waals surface area contributed by atoms with Crippen LogP contribution < -0.4 is 0 Å². The minimum absolute atomic E-state index is 0.602. The first-order valence-electron chi connectivity index (χ1n) is 8.04. The van der Waals surface area contributed by atoms with Gasteiger partial charge in [0.05, 0.1) is 0 Å². The van der Waals surface area contributed by atoms with Gasteiger partial charge in [-0.3, -0.25) is 0 Å². The standard InChI is InChI=1S/C19H23ClSi/c1-2-15-21(20)18(16-9-5-3-6-10-16)13-14-19(21)17-11-7-4-8-12-17/h3-12,18-19H,2,13-15H2,1H3/t18-,19-/m1/s1. The lowest BCUT2D eigenvalue weighted by Crippen LogP contribution is -2.37. The number of rotatable bonds is 4. The summed E-state index contributed by atoms with van der Waals surface area (Å²) in [5.74, 6) is 0. The van der Waals surface area contributed by atoms with E-state index in [4.69, 9.17) is 11.1 Å². The minimum Gasteiger partial charge on any atom is -0.166 e. The second-order valence-corrected chi connectivity index (χ2v) is 12.0. The van der Waals surface area contributed by atoms with E-state index >= 15 is 0 Å². The molecule has 2 heteroatoms. The van der Waals surface area contributed by atoms with E-state index in [-0.39, 0.29) is 0 Å². The average molecular weight is 315 g/mol. The van der Waals surface area contributed by atoms with Crippen LogP contribution in [0.5, 0.6) is 0 Å². The minimum atomic E-state index is -1.85. The van der Waals surface area contributed by atoms with Crippen molar-refractivity contribution in [2.75, 3.05) is 0 Å². The van der Waals surface area contributed by atoms with Gasteiger partial charge in [0.15, 0.2) is 7.38 Å². The molecular formula is C19H23ClSi. The van der Waals surface area contributed by atoms with Gasteiger partial charge < -0.3 is 0 Å². The summed E-state index contributed by atoms with van der Waals surface area (Å²) >= 11 is 7.41. The molecule has 110 valence electrons. The number of benzene rings is 2. The van der Waals surface area contributed by atoms with Gasteiger partial charge in [0, 0.05) is 0 Å². The maximum absolute atomic E-state index is 7.41. The van der Waals surface area contributed by atoms with Crippen molar-refractivity contribution in [2.45, 2.75) is 43.3 Å². The zero-order valence-electron chi connectivity index (χ0n) is 12.6. The molecule has 0 radical (unpaired) electrons. The van der Waals surface area contributed by atoms with Crippen molar-refractivity contribution in [3.05, 3.63) is 71.8 Å². The Hall–Kier alpha value is -1.05. The molecule has 0 nitrogen and oxygen atoms in total. The molecule has 1 fully saturated rings. The lowest BCUT2D eigenvalue weighted by atomic mass is 10.0. The van der Waals surface area contributed by atoms with Crippen molar-refractivity contribution in [2.24, 2.45) is 0 Å². The van der Waals surface area contributed by atoms with E-state index in [9.17, 15) is 0 Å². The molecule has 2 aromatic rings. The Bertz CT molecular complexity index is 519. The summed E-state index contributed by atoms with van der Waals surface area (Å²) < 4.78 is 0. The SMILES string of the molecule is CCC[Si]1(Cl)[C@@H](c2ccccc2)CC[C@@H]1c1ccccc1. The summed E-state index contributed by atoms with van der Waals surface area (Å²) in [6.45, 7) is 2.28. The smallest absolute Gasteiger partial charge is 0.166 e. The fourth-order valence-corrected chi connectivity index (χ4v) is 10.8. The maximum atomic E-state index is 7.41. The third kappa shape index (κ3) is 2.82. The third-order valence-corrected chi connectivity index (χ3v) is 11.9. The van der Waals surface area contributed by atoms with Gasteiger partial charge in [0.1, 0.15) is 0 Å². The first-order valence-corrected chi connectivity index (χ1v) is 11.4. The van der Waals surface area contributed by atoms with E-state index in [0.29, 0.717) is 11.1 Å². The van der Waals surface area contributed by atoms with Crippen LogP contribution in [0.1, 0.15) is 48.4 Å². The molecule has 0 aliphatic carbocycles. The third-order valence-electron chi connectivity index (χ3n) is 4.94. The van der Waals surface area contributed by atoms with Crippen LogP contribution in [-0.4, -0.2) is 7.38 Å². The highest BCUT2D eigenvalue weighted by molar-refractivity contribution is 7.22. The fraction of sp³-hybridized carbons (Fsp3) is 0.368. The summed E-state index contributed by atoms with van der Waals surface area (Å²) in [6, 6.07) is 23.1. The van der Waals surface area contributed by atoms with Crippen molar-refractivity contribution in [1.29, 1.82) is 0 Å². The van der Waals surface area contributed by atoms with Crippen LogP contribution in [0.4, 0.5) is 0 Å². The van der Waals surface area contributed by atoms with Gasteiger partial charge in [-0.1, -0.05) is 74.0 Å². The molecule has 0 N–H and O–H groups in total. The Balaban J connectivity index is 1.97. The lowest BCUT2D eigenvalue weighted by molar-refractivity contribution is 0.765. The lowest BCUT2D eigenvalue weighted by Gasteiger charge is -2.32. The highest BCUT2D eigenvalue weighted by Crippen LogP contribution is 2.54. The van der Waals surface area contributed by atoms with Crippen LogP contribution in [0.2, 0.25) is 6.04 Å². The van der Waals surface area contributed by atoms with E-state index in [1.807, 2.05) is 0 Å². The van der Waals surface area contributed by atoms with Crippen LogP contribution in [-0.2, 0) is 0 Å². The molecule has 2 aromatic carbocycles.